The topological polar surface area (TPSA) is 101 Å². The average molecular weight is 347 g/mol. The number of hydrogen-bond donors (Lipinski definition) is 4. The van der Waals surface area contributed by atoms with Gasteiger partial charge in [0.15, 0.2) is 5.76 Å². The van der Waals surface area contributed by atoms with E-state index < -0.39 is 11.9 Å². The molecule has 8 heteroatoms. The van der Waals surface area contributed by atoms with Crippen LogP contribution in [0.5, 0.6) is 0 Å². The van der Waals surface area contributed by atoms with Crippen LogP contribution in [0.3, 0.4) is 0 Å². The third-order valence-corrected chi connectivity index (χ3v) is 2.92. The number of amides is 1. The Labute approximate surface area is 139 Å². The molecule has 24 heavy (non-hydrogen) atoms. The van der Waals surface area contributed by atoms with Crippen LogP contribution in [0.1, 0.15) is 36.0 Å². The molecule has 6 N–H and O–H groups in total. The molecule has 0 radical (unpaired) electrons. The monoisotopic (exact) mass is 347 g/mol. The molecule has 0 fully saturated rings. The fourth-order valence-electron chi connectivity index (χ4n) is 1.56. The standard InChI is InChI=1S/C13H21N3O.C3H3F3O/c14-9-3-1-2-4-10-16-13(17)11-5-7-12(15)8-6-11;1-2(7)3(4,5)6/h5-8H,1-4,9-10,14-15H2,(H,16,17);7H,1H2. The van der Waals surface area contributed by atoms with Gasteiger partial charge in [-0.2, -0.15) is 13.2 Å². The summed E-state index contributed by atoms with van der Waals surface area (Å²) in [6.07, 6.45) is -0.333. The summed E-state index contributed by atoms with van der Waals surface area (Å²) in [4.78, 5) is 11.7. The summed E-state index contributed by atoms with van der Waals surface area (Å²) in [5.41, 5.74) is 12.3. The van der Waals surface area contributed by atoms with Crippen LogP contribution in [0.15, 0.2) is 36.6 Å². The van der Waals surface area contributed by atoms with Crippen molar-refractivity contribution in [1.82, 2.24) is 5.32 Å². The lowest BCUT2D eigenvalue weighted by atomic mass is 10.1. The lowest BCUT2D eigenvalue weighted by molar-refractivity contribution is -0.119. The number of allylic oxidation sites excluding steroid dienone is 1. The normalized spacial score (nSPS) is 10.5. The van der Waals surface area contributed by atoms with Gasteiger partial charge in [0.25, 0.3) is 5.91 Å². The highest BCUT2D eigenvalue weighted by molar-refractivity contribution is 5.94. The Bertz CT molecular complexity index is 502. The molecule has 136 valence electrons. The maximum atomic E-state index is 11.7. The van der Waals surface area contributed by atoms with Gasteiger partial charge in [0, 0.05) is 17.8 Å². The smallest absolute Gasteiger partial charge is 0.448 e. The molecule has 0 aliphatic carbocycles. The molecule has 0 aliphatic heterocycles. The summed E-state index contributed by atoms with van der Waals surface area (Å²) < 4.78 is 32.5. The number of carbonyl (C=O) groups excluding carboxylic acids is 1. The Hall–Kier alpha value is -2.22. The van der Waals surface area contributed by atoms with Crippen LogP contribution >= 0.6 is 0 Å². The van der Waals surface area contributed by atoms with Crippen LogP contribution < -0.4 is 16.8 Å². The fourth-order valence-corrected chi connectivity index (χ4v) is 1.56. The number of carbonyl (C=O) groups is 1. The number of unbranched alkanes of at least 4 members (excludes halogenated alkanes) is 3. The van der Waals surface area contributed by atoms with Crippen molar-refractivity contribution in [3.8, 4) is 0 Å². The van der Waals surface area contributed by atoms with E-state index in [0.29, 0.717) is 17.8 Å². The van der Waals surface area contributed by atoms with Crippen molar-refractivity contribution in [1.29, 1.82) is 0 Å². The van der Waals surface area contributed by atoms with Crippen molar-refractivity contribution < 1.29 is 23.1 Å². The predicted octanol–water partition coefficient (Wildman–Crippen LogP) is 3.14. The SMILES string of the molecule is C=C(O)C(F)(F)F.NCCCCCCNC(=O)c1ccc(N)cc1. The maximum Gasteiger partial charge on any atom is 0.448 e. The van der Waals surface area contributed by atoms with E-state index in [9.17, 15) is 18.0 Å². The summed E-state index contributed by atoms with van der Waals surface area (Å²) in [5, 5.41) is 10.5. The van der Waals surface area contributed by atoms with Gasteiger partial charge in [-0.3, -0.25) is 4.79 Å². The lowest BCUT2D eigenvalue weighted by Crippen LogP contribution is -2.24. The van der Waals surface area contributed by atoms with E-state index in [-0.39, 0.29) is 5.91 Å². The molecule has 0 heterocycles. The molecule has 0 unspecified atom stereocenters. The van der Waals surface area contributed by atoms with E-state index in [2.05, 4.69) is 11.9 Å². The molecule has 0 spiro atoms. The minimum Gasteiger partial charge on any atom is -0.505 e. The molecule has 0 bridgehead atoms. The van der Waals surface area contributed by atoms with E-state index in [0.717, 1.165) is 32.2 Å². The van der Waals surface area contributed by atoms with Crippen LogP contribution in [0.2, 0.25) is 0 Å². The first-order valence-electron chi connectivity index (χ1n) is 7.47. The predicted molar refractivity (Wildman–Crippen MR) is 88.5 cm³/mol. The van der Waals surface area contributed by atoms with Crippen LogP contribution in [-0.2, 0) is 0 Å². The zero-order valence-corrected chi connectivity index (χ0v) is 13.4. The number of hydrogen-bond acceptors (Lipinski definition) is 4. The van der Waals surface area contributed by atoms with Gasteiger partial charge < -0.3 is 21.9 Å². The highest BCUT2D eigenvalue weighted by Gasteiger charge is 2.31. The number of rotatable bonds is 7. The van der Waals surface area contributed by atoms with E-state index in [1.165, 1.54) is 0 Å². The van der Waals surface area contributed by atoms with Gasteiger partial charge in [0.05, 0.1) is 0 Å². The van der Waals surface area contributed by atoms with Crippen LogP contribution in [0.4, 0.5) is 18.9 Å². The molecular weight excluding hydrogens is 323 g/mol. The minimum absolute atomic E-state index is 0.0381. The third-order valence-electron chi connectivity index (χ3n) is 2.92. The molecule has 0 saturated carbocycles. The molecule has 1 aromatic carbocycles. The quantitative estimate of drug-likeness (QED) is 0.346. The Morgan fingerprint density at radius 3 is 2.08 bits per heavy atom. The zero-order valence-electron chi connectivity index (χ0n) is 13.4. The molecule has 1 aromatic rings. The van der Waals surface area contributed by atoms with Gasteiger partial charge in [0.2, 0.25) is 0 Å². The highest BCUT2D eigenvalue weighted by atomic mass is 19.4. The Kier molecular flexibility index (Phi) is 10.3. The minimum atomic E-state index is -4.64. The fraction of sp³-hybridized carbons (Fsp3) is 0.438. The molecule has 0 aromatic heterocycles. The second-order valence-electron chi connectivity index (χ2n) is 5.03. The number of aliphatic hydroxyl groups excluding tert-OH is 1. The summed E-state index contributed by atoms with van der Waals surface area (Å²) in [5.74, 6) is -1.80. The Morgan fingerprint density at radius 2 is 1.62 bits per heavy atom. The van der Waals surface area contributed by atoms with Crippen molar-refractivity contribution in [3.05, 3.63) is 42.2 Å². The van der Waals surface area contributed by atoms with Crippen LogP contribution in [0.25, 0.3) is 0 Å². The molecule has 0 aliphatic rings. The number of nitrogen functional groups attached to an aromatic ring is 1. The summed E-state index contributed by atoms with van der Waals surface area (Å²) >= 11 is 0. The molecule has 1 rings (SSSR count). The third kappa shape index (κ3) is 10.5. The Balaban J connectivity index is 0.000000640. The first-order valence-corrected chi connectivity index (χ1v) is 7.47. The van der Waals surface area contributed by atoms with Gasteiger partial charge in [-0.25, -0.2) is 0 Å². The van der Waals surface area contributed by atoms with Crippen molar-refractivity contribution in [2.45, 2.75) is 31.9 Å². The van der Waals surface area contributed by atoms with Crippen molar-refractivity contribution in [2.24, 2.45) is 5.73 Å². The second-order valence-corrected chi connectivity index (χ2v) is 5.03. The van der Waals surface area contributed by atoms with E-state index in [1.807, 2.05) is 0 Å². The van der Waals surface area contributed by atoms with E-state index in [4.69, 9.17) is 16.6 Å². The first kappa shape index (κ1) is 21.8. The lowest BCUT2D eigenvalue weighted by Gasteiger charge is -2.05. The molecule has 0 saturated heterocycles. The average Bonchev–Trinajstić information content (AvgIpc) is 2.51. The molecule has 0 atom stereocenters. The zero-order chi connectivity index (χ0) is 18.6. The number of anilines is 1. The summed E-state index contributed by atoms with van der Waals surface area (Å²) in [6.45, 7) is 3.72. The van der Waals surface area contributed by atoms with Crippen molar-refractivity contribution in [2.75, 3.05) is 18.8 Å². The largest absolute Gasteiger partial charge is 0.505 e. The Morgan fingerprint density at radius 1 is 1.12 bits per heavy atom. The summed E-state index contributed by atoms with van der Waals surface area (Å²) in [6, 6.07) is 6.94. The van der Waals surface area contributed by atoms with Gasteiger partial charge in [-0.15, -0.1) is 0 Å². The van der Waals surface area contributed by atoms with E-state index >= 15 is 0 Å². The van der Waals surface area contributed by atoms with Gasteiger partial charge in [0.1, 0.15) is 0 Å². The highest BCUT2D eigenvalue weighted by Crippen LogP contribution is 2.20. The van der Waals surface area contributed by atoms with Crippen LogP contribution in [0, 0.1) is 0 Å². The summed E-state index contributed by atoms with van der Waals surface area (Å²) in [7, 11) is 0. The molecular formula is C16H24F3N3O2. The number of halogens is 3. The van der Waals surface area contributed by atoms with Gasteiger partial charge >= 0.3 is 6.18 Å². The van der Waals surface area contributed by atoms with Crippen LogP contribution in [-0.4, -0.2) is 30.3 Å². The number of nitrogens with two attached hydrogens (primary N) is 2. The number of aliphatic hydroxyl groups is 1. The van der Waals surface area contributed by atoms with Gasteiger partial charge in [-0.05, 0) is 43.7 Å². The van der Waals surface area contributed by atoms with Gasteiger partial charge in [-0.1, -0.05) is 19.4 Å². The van der Waals surface area contributed by atoms with Crippen molar-refractivity contribution >= 4 is 11.6 Å². The number of nitrogens with one attached hydrogen (secondary N) is 1. The first-order chi connectivity index (χ1) is 11.2. The second kappa shape index (κ2) is 11.3. The number of benzene rings is 1. The number of alkyl halides is 3. The van der Waals surface area contributed by atoms with Crippen molar-refractivity contribution in [3.63, 3.8) is 0 Å². The molecule has 1 amide bonds. The molecule has 5 nitrogen and oxygen atoms in total. The van der Waals surface area contributed by atoms with E-state index in [1.54, 1.807) is 24.3 Å². The maximum absolute atomic E-state index is 11.7.